The molecule has 0 heterocycles. The number of unbranched alkanes of at least 4 members (excludes halogenated alkanes) is 12. The standard InChI is InChI=1S/C27H52O5/c1-5-6-7-8-9-10-11-12-13-14-18-22-31-26(28)19-16-15-17-20-27(29)32-25(3)24(2)21-23-30-4/h24-25H,5-23H2,1-4H3. The van der Waals surface area contributed by atoms with Crippen LogP contribution in [0.15, 0.2) is 0 Å². The summed E-state index contributed by atoms with van der Waals surface area (Å²) in [6.45, 7) is 7.48. The van der Waals surface area contributed by atoms with E-state index in [1.807, 2.05) is 6.92 Å². The van der Waals surface area contributed by atoms with E-state index in [1.54, 1.807) is 7.11 Å². The van der Waals surface area contributed by atoms with Crippen molar-refractivity contribution < 1.29 is 23.8 Å². The lowest BCUT2D eigenvalue weighted by Crippen LogP contribution is -2.23. The van der Waals surface area contributed by atoms with Crippen LogP contribution in [0.25, 0.3) is 0 Å². The van der Waals surface area contributed by atoms with Crippen molar-refractivity contribution in [2.24, 2.45) is 5.92 Å². The molecule has 5 heteroatoms. The normalized spacial score (nSPS) is 13.0. The number of hydrogen-bond acceptors (Lipinski definition) is 5. The van der Waals surface area contributed by atoms with Gasteiger partial charge in [-0.2, -0.15) is 0 Å². The van der Waals surface area contributed by atoms with E-state index in [4.69, 9.17) is 14.2 Å². The summed E-state index contributed by atoms with van der Waals surface area (Å²) in [5.41, 5.74) is 0. The van der Waals surface area contributed by atoms with Gasteiger partial charge in [-0.15, -0.1) is 0 Å². The van der Waals surface area contributed by atoms with Gasteiger partial charge in [-0.05, 0) is 38.5 Å². The predicted octanol–water partition coefficient (Wildman–Crippen LogP) is 7.40. The molecule has 2 unspecified atom stereocenters. The molecule has 0 rings (SSSR count). The minimum Gasteiger partial charge on any atom is -0.466 e. The van der Waals surface area contributed by atoms with Crippen LogP contribution < -0.4 is 0 Å². The zero-order valence-corrected chi connectivity index (χ0v) is 21.6. The number of rotatable bonds is 23. The van der Waals surface area contributed by atoms with Gasteiger partial charge in [-0.3, -0.25) is 9.59 Å². The van der Waals surface area contributed by atoms with E-state index in [2.05, 4.69) is 13.8 Å². The molecule has 0 aliphatic heterocycles. The summed E-state index contributed by atoms with van der Waals surface area (Å²) in [4.78, 5) is 23.7. The Kier molecular flexibility index (Phi) is 22.3. The maximum atomic E-state index is 11.9. The van der Waals surface area contributed by atoms with Crippen LogP contribution in [0, 0.1) is 5.92 Å². The molecule has 0 aromatic heterocycles. The van der Waals surface area contributed by atoms with Crippen LogP contribution in [-0.2, 0) is 23.8 Å². The quantitative estimate of drug-likeness (QED) is 0.118. The van der Waals surface area contributed by atoms with E-state index in [-0.39, 0.29) is 24.0 Å². The molecular weight excluding hydrogens is 404 g/mol. The number of esters is 2. The summed E-state index contributed by atoms with van der Waals surface area (Å²) in [7, 11) is 1.68. The molecule has 190 valence electrons. The fraction of sp³-hybridized carbons (Fsp3) is 0.926. The van der Waals surface area contributed by atoms with Crippen molar-refractivity contribution >= 4 is 11.9 Å². The molecular formula is C27H52O5. The van der Waals surface area contributed by atoms with Crippen LogP contribution in [-0.4, -0.2) is 38.4 Å². The van der Waals surface area contributed by atoms with Crippen molar-refractivity contribution in [1.82, 2.24) is 0 Å². The first kappa shape index (κ1) is 30.9. The SMILES string of the molecule is CCCCCCCCCCCCCOC(=O)CCCCCC(=O)OC(C)C(C)CCOC. The smallest absolute Gasteiger partial charge is 0.306 e. The molecule has 0 saturated heterocycles. The molecule has 0 bridgehead atoms. The molecule has 5 nitrogen and oxygen atoms in total. The number of carbonyl (C=O) groups excluding carboxylic acids is 2. The van der Waals surface area contributed by atoms with Crippen LogP contribution in [0.3, 0.4) is 0 Å². The topological polar surface area (TPSA) is 61.8 Å². The zero-order valence-electron chi connectivity index (χ0n) is 21.6. The summed E-state index contributed by atoms with van der Waals surface area (Å²) in [5, 5.41) is 0. The summed E-state index contributed by atoms with van der Waals surface area (Å²) < 4.78 is 15.9. The highest BCUT2D eigenvalue weighted by Crippen LogP contribution is 2.14. The lowest BCUT2D eigenvalue weighted by Gasteiger charge is -2.20. The van der Waals surface area contributed by atoms with Crippen molar-refractivity contribution in [3.05, 3.63) is 0 Å². The number of hydrogen-bond donors (Lipinski definition) is 0. The molecule has 0 fully saturated rings. The van der Waals surface area contributed by atoms with E-state index in [9.17, 15) is 9.59 Å². The van der Waals surface area contributed by atoms with Gasteiger partial charge < -0.3 is 14.2 Å². The second-order valence-corrected chi connectivity index (χ2v) is 9.27. The molecule has 2 atom stereocenters. The average Bonchev–Trinajstić information content (AvgIpc) is 2.77. The molecule has 32 heavy (non-hydrogen) atoms. The Bertz CT molecular complexity index is 438. The number of methoxy groups -OCH3 is 1. The Morgan fingerprint density at radius 2 is 1.16 bits per heavy atom. The summed E-state index contributed by atoms with van der Waals surface area (Å²) in [5.74, 6) is 0.0232. The van der Waals surface area contributed by atoms with E-state index in [0.717, 1.165) is 38.5 Å². The Morgan fingerprint density at radius 3 is 1.72 bits per heavy atom. The third-order valence-electron chi connectivity index (χ3n) is 6.17. The molecule has 0 N–H and O–H groups in total. The molecule has 0 aromatic carbocycles. The van der Waals surface area contributed by atoms with Gasteiger partial charge in [0, 0.05) is 26.6 Å². The van der Waals surface area contributed by atoms with Gasteiger partial charge in [-0.1, -0.05) is 84.5 Å². The Morgan fingerprint density at radius 1 is 0.656 bits per heavy atom. The monoisotopic (exact) mass is 456 g/mol. The highest BCUT2D eigenvalue weighted by molar-refractivity contribution is 5.70. The van der Waals surface area contributed by atoms with Gasteiger partial charge in [0.2, 0.25) is 0 Å². The van der Waals surface area contributed by atoms with Crippen LogP contribution in [0.1, 0.15) is 130 Å². The molecule has 0 saturated carbocycles. The van der Waals surface area contributed by atoms with Gasteiger partial charge in [0.05, 0.1) is 6.61 Å². The second kappa shape index (κ2) is 23.1. The van der Waals surface area contributed by atoms with Gasteiger partial charge >= 0.3 is 11.9 Å². The van der Waals surface area contributed by atoms with Crippen molar-refractivity contribution in [2.45, 2.75) is 136 Å². The van der Waals surface area contributed by atoms with E-state index in [1.165, 1.54) is 57.8 Å². The maximum absolute atomic E-state index is 11.9. The first-order chi connectivity index (χ1) is 15.5. The van der Waals surface area contributed by atoms with E-state index < -0.39 is 0 Å². The van der Waals surface area contributed by atoms with E-state index >= 15 is 0 Å². The van der Waals surface area contributed by atoms with Gasteiger partial charge in [0.15, 0.2) is 0 Å². The largest absolute Gasteiger partial charge is 0.466 e. The van der Waals surface area contributed by atoms with Crippen molar-refractivity contribution in [3.63, 3.8) is 0 Å². The third-order valence-corrected chi connectivity index (χ3v) is 6.17. The lowest BCUT2D eigenvalue weighted by molar-refractivity contribution is -0.151. The molecule has 0 aromatic rings. The molecule has 0 amide bonds. The zero-order chi connectivity index (χ0) is 23.9. The van der Waals surface area contributed by atoms with Crippen molar-refractivity contribution in [2.75, 3.05) is 20.3 Å². The van der Waals surface area contributed by atoms with Crippen LogP contribution in [0.4, 0.5) is 0 Å². The van der Waals surface area contributed by atoms with Crippen LogP contribution in [0.5, 0.6) is 0 Å². The van der Waals surface area contributed by atoms with E-state index in [0.29, 0.717) is 26.1 Å². The minimum atomic E-state index is -0.152. The highest BCUT2D eigenvalue weighted by atomic mass is 16.5. The predicted molar refractivity (Wildman–Crippen MR) is 132 cm³/mol. The maximum Gasteiger partial charge on any atom is 0.306 e. The first-order valence-electron chi connectivity index (χ1n) is 13.3. The molecule has 0 aliphatic rings. The number of carbonyl (C=O) groups is 2. The lowest BCUT2D eigenvalue weighted by atomic mass is 10.0. The second-order valence-electron chi connectivity index (χ2n) is 9.27. The molecule has 0 aliphatic carbocycles. The van der Waals surface area contributed by atoms with Crippen molar-refractivity contribution in [1.29, 1.82) is 0 Å². The Labute approximate surface area is 198 Å². The Balaban J connectivity index is 3.43. The third kappa shape index (κ3) is 20.8. The molecule has 0 spiro atoms. The van der Waals surface area contributed by atoms with Gasteiger partial charge in [0.1, 0.15) is 6.10 Å². The fourth-order valence-corrected chi connectivity index (χ4v) is 3.66. The summed E-state index contributed by atoms with van der Waals surface area (Å²) >= 11 is 0. The van der Waals surface area contributed by atoms with Gasteiger partial charge in [0.25, 0.3) is 0 Å². The van der Waals surface area contributed by atoms with Crippen LogP contribution >= 0.6 is 0 Å². The van der Waals surface area contributed by atoms with Crippen molar-refractivity contribution in [3.8, 4) is 0 Å². The summed E-state index contributed by atoms with van der Waals surface area (Å²) in [6, 6.07) is 0. The van der Waals surface area contributed by atoms with Gasteiger partial charge in [-0.25, -0.2) is 0 Å². The minimum absolute atomic E-state index is 0.0943. The number of ether oxygens (including phenoxy) is 3. The fourth-order valence-electron chi connectivity index (χ4n) is 3.66. The molecule has 0 radical (unpaired) electrons. The summed E-state index contributed by atoms with van der Waals surface area (Å²) in [6.07, 6.45) is 18.2. The highest BCUT2D eigenvalue weighted by Gasteiger charge is 2.16. The Hall–Kier alpha value is -1.10. The van der Waals surface area contributed by atoms with Crippen LogP contribution in [0.2, 0.25) is 0 Å². The average molecular weight is 457 g/mol. The first-order valence-corrected chi connectivity index (χ1v) is 13.3.